The van der Waals surface area contributed by atoms with Crippen molar-refractivity contribution in [1.82, 2.24) is 5.32 Å². The topological polar surface area (TPSA) is 76.7 Å². The fourth-order valence-electron chi connectivity index (χ4n) is 2.05. The van der Waals surface area contributed by atoms with Crippen LogP contribution in [0.3, 0.4) is 0 Å². The third-order valence-electron chi connectivity index (χ3n) is 3.24. The lowest BCUT2D eigenvalue weighted by molar-refractivity contribution is 0.0597. The molecule has 2 N–H and O–H groups in total. The summed E-state index contributed by atoms with van der Waals surface area (Å²) in [6.45, 7) is 0.226. The molecule has 7 heteroatoms. The predicted octanol–water partition coefficient (Wildman–Crippen LogP) is 3.46. The predicted molar refractivity (Wildman–Crippen MR) is 91.6 cm³/mol. The summed E-state index contributed by atoms with van der Waals surface area (Å²) in [5.74, 6) is -0.0969. The summed E-state index contributed by atoms with van der Waals surface area (Å²) >= 11 is 5.98. The fourth-order valence-corrected chi connectivity index (χ4v) is 2.23. The lowest BCUT2D eigenvalue weighted by Crippen LogP contribution is -2.28. The molecule has 0 aliphatic heterocycles. The number of esters is 1. The summed E-state index contributed by atoms with van der Waals surface area (Å²) in [4.78, 5) is 23.7. The first-order valence-electron chi connectivity index (χ1n) is 7.09. The first-order valence-corrected chi connectivity index (χ1v) is 7.47. The number of hydrogen-bond acceptors (Lipinski definition) is 4. The Labute approximate surface area is 144 Å². The van der Waals surface area contributed by atoms with Crippen LogP contribution in [0, 0.1) is 0 Å². The lowest BCUT2D eigenvalue weighted by atomic mass is 10.1. The van der Waals surface area contributed by atoms with Gasteiger partial charge < -0.3 is 20.1 Å². The van der Waals surface area contributed by atoms with Crippen molar-refractivity contribution in [2.45, 2.75) is 6.54 Å². The fraction of sp³-hybridized carbons (Fsp3) is 0.176. The van der Waals surface area contributed by atoms with E-state index >= 15 is 0 Å². The van der Waals surface area contributed by atoms with Gasteiger partial charge in [0.05, 0.1) is 24.9 Å². The van der Waals surface area contributed by atoms with Crippen molar-refractivity contribution in [3.05, 3.63) is 58.6 Å². The molecule has 6 nitrogen and oxygen atoms in total. The second-order valence-corrected chi connectivity index (χ2v) is 5.22. The smallest absolute Gasteiger partial charge is 0.341 e. The second-order valence-electron chi connectivity index (χ2n) is 4.81. The molecule has 0 saturated heterocycles. The minimum Gasteiger partial charge on any atom is -0.496 e. The Morgan fingerprint density at radius 1 is 1.12 bits per heavy atom. The molecule has 0 saturated carbocycles. The number of carbonyl (C=O) groups is 2. The van der Waals surface area contributed by atoms with Gasteiger partial charge in [-0.2, -0.15) is 0 Å². The van der Waals surface area contributed by atoms with Gasteiger partial charge in [-0.25, -0.2) is 9.59 Å². The highest BCUT2D eigenvalue weighted by Crippen LogP contribution is 2.21. The van der Waals surface area contributed by atoms with Gasteiger partial charge in [0.2, 0.25) is 0 Å². The summed E-state index contributed by atoms with van der Waals surface area (Å²) in [5, 5.41) is 5.80. The standard InChI is InChI=1S/C17H17ClN2O4/c1-23-15-8-7-11(9-12(15)16(21)24-2)10-19-17(22)20-14-6-4-3-5-13(14)18/h3-9H,10H2,1-2H3,(H2,19,20,22). The van der Waals surface area contributed by atoms with Gasteiger partial charge in [-0.1, -0.05) is 29.8 Å². The average molecular weight is 349 g/mol. The Bertz CT molecular complexity index is 749. The van der Waals surface area contributed by atoms with E-state index in [1.54, 1.807) is 42.5 Å². The number of rotatable bonds is 5. The van der Waals surface area contributed by atoms with Gasteiger partial charge in [0.25, 0.3) is 0 Å². The van der Waals surface area contributed by atoms with Crippen LogP contribution in [-0.4, -0.2) is 26.2 Å². The van der Waals surface area contributed by atoms with Crippen LogP contribution in [0.1, 0.15) is 15.9 Å². The summed E-state index contributed by atoms with van der Waals surface area (Å²) in [7, 11) is 2.76. The number of nitrogens with one attached hydrogen (secondary N) is 2. The Morgan fingerprint density at radius 2 is 1.88 bits per heavy atom. The van der Waals surface area contributed by atoms with Gasteiger partial charge in [0.15, 0.2) is 0 Å². The molecule has 0 aliphatic carbocycles. The Morgan fingerprint density at radius 3 is 2.54 bits per heavy atom. The van der Waals surface area contributed by atoms with Crippen LogP contribution in [0.2, 0.25) is 5.02 Å². The molecular formula is C17H17ClN2O4. The van der Waals surface area contributed by atoms with Crippen LogP contribution in [-0.2, 0) is 11.3 Å². The van der Waals surface area contributed by atoms with Gasteiger partial charge in [-0.3, -0.25) is 0 Å². The largest absolute Gasteiger partial charge is 0.496 e. The molecule has 0 spiro atoms. The molecule has 24 heavy (non-hydrogen) atoms. The highest BCUT2D eigenvalue weighted by molar-refractivity contribution is 6.33. The highest BCUT2D eigenvalue weighted by atomic mass is 35.5. The van der Waals surface area contributed by atoms with E-state index in [0.717, 1.165) is 5.56 Å². The number of methoxy groups -OCH3 is 2. The zero-order valence-corrected chi connectivity index (χ0v) is 14.0. The second kappa shape index (κ2) is 8.21. The minimum atomic E-state index is -0.505. The Balaban J connectivity index is 2.02. The average Bonchev–Trinajstić information content (AvgIpc) is 2.61. The molecule has 0 bridgehead atoms. The first-order chi connectivity index (χ1) is 11.5. The Kier molecular flexibility index (Phi) is 6.03. The van der Waals surface area contributed by atoms with Gasteiger partial charge in [-0.15, -0.1) is 0 Å². The van der Waals surface area contributed by atoms with Crippen molar-refractivity contribution in [2.75, 3.05) is 19.5 Å². The van der Waals surface area contributed by atoms with Crippen LogP contribution in [0.25, 0.3) is 0 Å². The summed E-state index contributed by atoms with van der Waals surface area (Å²) in [6, 6.07) is 11.5. The van der Waals surface area contributed by atoms with Crippen molar-refractivity contribution in [3.63, 3.8) is 0 Å². The molecule has 0 atom stereocenters. The van der Waals surface area contributed by atoms with E-state index in [9.17, 15) is 9.59 Å². The van der Waals surface area contributed by atoms with Crippen LogP contribution in [0.15, 0.2) is 42.5 Å². The van der Waals surface area contributed by atoms with Gasteiger partial charge in [0.1, 0.15) is 11.3 Å². The van der Waals surface area contributed by atoms with E-state index in [1.807, 2.05) is 0 Å². The van der Waals surface area contributed by atoms with Gasteiger partial charge in [-0.05, 0) is 29.8 Å². The van der Waals surface area contributed by atoms with Gasteiger partial charge >= 0.3 is 12.0 Å². The van der Waals surface area contributed by atoms with Crippen LogP contribution < -0.4 is 15.4 Å². The normalized spacial score (nSPS) is 9.96. The van der Waals surface area contributed by atoms with Crippen molar-refractivity contribution in [2.24, 2.45) is 0 Å². The van der Waals surface area contributed by atoms with Crippen molar-refractivity contribution in [3.8, 4) is 5.75 Å². The highest BCUT2D eigenvalue weighted by Gasteiger charge is 2.14. The Hall–Kier alpha value is -2.73. The van der Waals surface area contributed by atoms with E-state index in [0.29, 0.717) is 22.0 Å². The number of para-hydroxylation sites is 1. The molecule has 2 aromatic carbocycles. The van der Waals surface area contributed by atoms with E-state index in [4.69, 9.17) is 21.1 Å². The first kappa shape index (κ1) is 17.6. The third-order valence-corrected chi connectivity index (χ3v) is 3.57. The molecule has 2 amide bonds. The maximum Gasteiger partial charge on any atom is 0.341 e. The lowest BCUT2D eigenvalue weighted by Gasteiger charge is -2.11. The number of benzene rings is 2. The van der Waals surface area contributed by atoms with E-state index < -0.39 is 12.0 Å². The minimum absolute atomic E-state index is 0.226. The molecule has 0 radical (unpaired) electrons. The summed E-state index contributed by atoms with van der Waals surface area (Å²) < 4.78 is 9.84. The van der Waals surface area contributed by atoms with E-state index in [-0.39, 0.29) is 6.54 Å². The van der Waals surface area contributed by atoms with Crippen LogP contribution in [0.4, 0.5) is 10.5 Å². The molecule has 0 aromatic heterocycles. The quantitative estimate of drug-likeness (QED) is 0.811. The summed E-state index contributed by atoms with van der Waals surface area (Å²) in [5.41, 5.74) is 1.54. The van der Waals surface area contributed by atoms with Crippen molar-refractivity contribution < 1.29 is 19.1 Å². The number of amides is 2. The van der Waals surface area contributed by atoms with E-state index in [2.05, 4.69) is 10.6 Å². The van der Waals surface area contributed by atoms with E-state index in [1.165, 1.54) is 14.2 Å². The third kappa shape index (κ3) is 4.39. The number of halogens is 1. The van der Waals surface area contributed by atoms with Crippen molar-refractivity contribution in [1.29, 1.82) is 0 Å². The number of carbonyl (C=O) groups excluding carboxylic acids is 2. The molecule has 2 rings (SSSR count). The van der Waals surface area contributed by atoms with Crippen molar-refractivity contribution >= 4 is 29.3 Å². The molecule has 126 valence electrons. The molecule has 0 aliphatic rings. The maximum atomic E-state index is 11.9. The molecule has 0 fully saturated rings. The SMILES string of the molecule is COC(=O)c1cc(CNC(=O)Nc2ccccc2Cl)ccc1OC. The van der Waals surface area contributed by atoms with Gasteiger partial charge in [0, 0.05) is 6.54 Å². The molecule has 0 unspecified atom stereocenters. The zero-order chi connectivity index (χ0) is 17.5. The molecule has 2 aromatic rings. The summed E-state index contributed by atoms with van der Waals surface area (Å²) in [6.07, 6.45) is 0. The maximum absolute atomic E-state index is 11.9. The number of anilines is 1. The molecule has 0 heterocycles. The number of urea groups is 1. The zero-order valence-electron chi connectivity index (χ0n) is 13.3. The van der Waals surface area contributed by atoms with Crippen LogP contribution in [0.5, 0.6) is 5.75 Å². The van der Waals surface area contributed by atoms with Crippen LogP contribution >= 0.6 is 11.6 Å². The molecular weight excluding hydrogens is 332 g/mol. The number of hydrogen-bond donors (Lipinski definition) is 2. The number of ether oxygens (including phenoxy) is 2. The monoisotopic (exact) mass is 348 g/mol.